The third kappa shape index (κ3) is 3.43. The molecule has 0 aliphatic carbocycles. The van der Waals surface area contributed by atoms with Gasteiger partial charge in [-0.05, 0) is 46.5 Å². The van der Waals surface area contributed by atoms with Crippen molar-refractivity contribution in [1.29, 1.82) is 0 Å². The molecule has 8 heteroatoms. The van der Waals surface area contributed by atoms with Crippen LogP contribution in [0.2, 0.25) is 0 Å². The van der Waals surface area contributed by atoms with Crippen molar-refractivity contribution in [3.8, 4) is 11.8 Å². The molecule has 2 saturated heterocycles. The Hall–Kier alpha value is -2.37. The van der Waals surface area contributed by atoms with Gasteiger partial charge in [0.1, 0.15) is 11.1 Å². The van der Waals surface area contributed by atoms with Crippen LogP contribution in [0.1, 0.15) is 46.2 Å². The summed E-state index contributed by atoms with van der Waals surface area (Å²) in [5, 5.41) is 7.57. The highest BCUT2D eigenvalue weighted by atomic mass is 16.5. The zero-order valence-corrected chi connectivity index (χ0v) is 17.9. The molecule has 0 unspecified atom stereocenters. The van der Waals surface area contributed by atoms with Gasteiger partial charge in [0.05, 0.1) is 12.7 Å². The van der Waals surface area contributed by atoms with Crippen molar-refractivity contribution in [2.75, 3.05) is 24.6 Å². The summed E-state index contributed by atoms with van der Waals surface area (Å²) >= 11 is 0. The Morgan fingerprint density at radius 3 is 2.59 bits per heavy atom. The number of nitrogens with one attached hydrogen (secondary N) is 1. The molecule has 29 heavy (non-hydrogen) atoms. The van der Waals surface area contributed by atoms with Gasteiger partial charge in [-0.25, -0.2) is 0 Å². The number of nitrogens with zero attached hydrogens (tertiary/aromatic N) is 4. The number of hydrogen-bond donors (Lipinski definition) is 2. The molecule has 156 valence electrons. The first kappa shape index (κ1) is 19.9. The Bertz CT molecular complexity index is 1040. The van der Waals surface area contributed by atoms with Gasteiger partial charge in [0, 0.05) is 37.0 Å². The van der Waals surface area contributed by atoms with E-state index in [1.54, 1.807) is 11.6 Å². The lowest BCUT2D eigenvalue weighted by Gasteiger charge is -2.41. The quantitative estimate of drug-likeness (QED) is 0.704. The molecule has 0 saturated carbocycles. The molecule has 2 aliphatic heterocycles. The average Bonchev–Trinajstić information content (AvgIpc) is 3.20. The number of aromatic nitrogens is 4. The molecular formula is C21H30N6O2. The molecule has 0 aromatic carbocycles. The van der Waals surface area contributed by atoms with Crippen LogP contribution in [0.25, 0.3) is 11.0 Å². The second-order valence-corrected chi connectivity index (χ2v) is 9.46. The number of fused-ring (bicyclic) bond motifs is 1. The van der Waals surface area contributed by atoms with Crippen molar-refractivity contribution in [3.05, 3.63) is 16.0 Å². The maximum atomic E-state index is 13.1. The summed E-state index contributed by atoms with van der Waals surface area (Å²) in [4.78, 5) is 19.9. The Morgan fingerprint density at radius 2 is 2.00 bits per heavy atom. The predicted molar refractivity (Wildman–Crippen MR) is 113 cm³/mol. The average molecular weight is 399 g/mol. The number of H-pyrrole nitrogens is 1. The van der Waals surface area contributed by atoms with E-state index in [1.807, 2.05) is 27.7 Å². The third-order valence-corrected chi connectivity index (χ3v) is 6.22. The standard InChI is InChI=1S/C21H30N6O2/c1-13-16(22)21(12-29-13)8-10-27(11-9-21)19-23-17-15(18(28)26(19)5)14(24-25-17)6-7-20(2,3)4/h13,16H,8-12,22H2,1-5H3,(H,24,25)/t13-,16+/m0/s1. The second-order valence-electron chi connectivity index (χ2n) is 9.46. The molecule has 2 atom stereocenters. The van der Waals surface area contributed by atoms with Crippen LogP contribution >= 0.6 is 0 Å². The molecule has 1 spiro atoms. The number of anilines is 1. The first-order valence-electron chi connectivity index (χ1n) is 10.2. The van der Waals surface area contributed by atoms with Gasteiger partial charge in [-0.1, -0.05) is 5.92 Å². The summed E-state index contributed by atoms with van der Waals surface area (Å²) in [7, 11) is 1.76. The molecule has 2 fully saturated rings. The van der Waals surface area contributed by atoms with Gasteiger partial charge in [0.2, 0.25) is 5.95 Å². The fourth-order valence-corrected chi connectivity index (χ4v) is 4.29. The Kier molecular flexibility index (Phi) is 4.71. The summed E-state index contributed by atoms with van der Waals surface area (Å²) in [6.07, 6.45) is 1.95. The summed E-state index contributed by atoms with van der Waals surface area (Å²) in [6.45, 7) is 10.4. The molecule has 3 N–H and O–H groups in total. The van der Waals surface area contributed by atoms with Crippen molar-refractivity contribution in [3.63, 3.8) is 0 Å². The molecule has 2 aromatic rings. The van der Waals surface area contributed by atoms with Crippen LogP contribution in [0, 0.1) is 22.7 Å². The van der Waals surface area contributed by atoms with Crippen molar-refractivity contribution in [2.45, 2.75) is 52.7 Å². The topological polar surface area (TPSA) is 102 Å². The fourth-order valence-electron chi connectivity index (χ4n) is 4.29. The molecular weight excluding hydrogens is 368 g/mol. The lowest BCUT2D eigenvalue weighted by molar-refractivity contribution is 0.0973. The first-order valence-corrected chi connectivity index (χ1v) is 10.2. The Morgan fingerprint density at radius 1 is 1.31 bits per heavy atom. The SMILES string of the molecule is C[C@@H]1OCC2(CCN(c3nc4[nH]nc(C#CC(C)(C)C)c4c(=O)n3C)CC2)[C@@H]1N. The molecule has 0 bridgehead atoms. The lowest BCUT2D eigenvalue weighted by Crippen LogP contribution is -2.51. The van der Waals surface area contributed by atoms with Crippen LogP contribution in [0.5, 0.6) is 0 Å². The summed E-state index contributed by atoms with van der Waals surface area (Å²) in [5.41, 5.74) is 7.09. The van der Waals surface area contributed by atoms with E-state index in [1.165, 1.54) is 0 Å². The summed E-state index contributed by atoms with van der Waals surface area (Å²) in [6, 6.07) is 0.0560. The van der Waals surface area contributed by atoms with E-state index in [4.69, 9.17) is 15.5 Å². The highest BCUT2D eigenvalue weighted by Crippen LogP contribution is 2.41. The molecule has 0 radical (unpaired) electrons. The zero-order valence-electron chi connectivity index (χ0n) is 17.9. The summed E-state index contributed by atoms with van der Waals surface area (Å²) in [5.74, 6) is 6.81. The minimum atomic E-state index is -0.171. The van der Waals surface area contributed by atoms with Crippen LogP contribution in [-0.2, 0) is 11.8 Å². The number of rotatable bonds is 1. The number of piperidine rings is 1. The van der Waals surface area contributed by atoms with Gasteiger partial charge in [-0.2, -0.15) is 10.1 Å². The number of nitrogens with two attached hydrogens (primary N) is 1. The molecule has 4 rings (SSSR count). The van der Waals surface area contributed by atoms with Gasteiger partial charge in [0.15, 0.2) is 5.65 Å². The highest BCUT2D eigenvalue weighted by molar-refractivity contribution is 5.81. The van der Waals surface area contributed by atoms with E-state index in [9.17, 15) is 4.79 Å². The van der Waals surface area contributed by atoms with E-state index in [2.05, 4.69) is 26.9 Å². The number of hydrogen-bond acceptors (Lipinski definition) is 6. The van der Waals surface area contributed by atoms with Crippen LogP contribution in [-0.4, -0.2) is 51.6 Å². The van der Waals surface area contributed by atoms with Gasteiger partial charge >= 0.3 is 0 Å². The normalized spacial score (nSPS) is 24.1. The molecule has 2 aliphatic rings. The monoisotopic (exact) mass is 398 g/mol. The molecule has 4 heterocycles. The second kappa shape index (κ2) is 6.85. The molecule has 0 amide bonds. The Balaban J connectivity index is 1.64. The van der Waals surface area contributed by atoms with Crippen molar-refractivity contribution in [2.24, 2.45) is 23.6 Å². The van der Waals surface area contributed by atoms with Gasteiger partial charge in [-0.15, -0.1) is 0 Å². The van der Waals surface area contributed by atoms with E-state index in [0.717, 1.165) is 25.9 Å². The van der Waals surface area contributed by atoms with Crippen LogP contribution in [0.3, 0.4) is 0 Å². The van der Waals surface area contributed by atoms with Crippen LogP contribution in [0.15, 0.2) is 4.79 Å². The van der Waals surface area contributed by atoms with E-state index < -0.39 is 0 Å². The van der Waals surface area contributed by atoms with E-state index >= 15 is 0 Å². The maximum absolute atomic E-state index is 13.1. The van der Waals surface area contributed by atoms with E-state index in [-0.39, 0.29) is 28.5 Å². The van der Waals surface area contributed by atoms with Gasteiger partial charge in [0.25, 0.3) is 5.56 Å². The third-order valence-electron chi connectivity index (χ3n) is 6.22. The predicted octanol–water partition coefficient (Wildman–Crippen LogP) is 1.39. The van der Waals surface area contributed by atoms with Crippen LogP contribution < -0.4 is 16.2 Å². The van der Waals surface area contributed by atoms with Crippen LogP contribution in [0.4, 0.5) is 5.95 Å². The minimum absolute atomic E-state index is 0.0303. The van der Waals surface area contributed by atoms with Crippen molar-refractivity contribution in [1.82, 2.24) is 19.7 Å². The largest absolute Gasteiger partial charge is 0.376 e. The van der Waals surface area contributed by atoms with Crippen molar-refractivity contribution < 1.29 is 4.74 Å². The lowest BCUT2D eigenvalue weighted by atomic mass is 9.73. The fraction of sp³-hybridized carbons (Fsp3) is 0.667. The van der Waals surface area contributed by atoms with Gasteiger partial charge in [-0.3, -0.25) is 14.5 Å². The molecule has 2 aromatic heterocycles. The smallest absolute Gasteiger partial charge is 0.267 e. The van der Waals surface area contributed by atoms with Gasteiger partial charge < -0.3 is 15.4 Å². The zero-order chi connectivity index (χ0) is 21.0. The number of aromatic amines is 1. The number of ether oxygens (including phenoxy) is 1. The maximum Gasteiger partial charge on any atom is 0.267 e. The Labute approximate surface area is 170 Å². The van der Waals surface area contributed by atoms with Crippen molar-refractivity contribution >= 4 is 17.0 Å². The van der Waals surface area contributed by atoms with E-state index in [0.29, 0.717) is 29.3 Å². The summed E-state index contributed by atoms with van der Waals surface area (Å²) < 4.78 is 7.41. The first-order chi connectivity index (χ1) is 13.6. The molecule has 8 nitrogen and oxygen atoms in total. The minimum Gasteiger partial charge on any atom is -0.376 e. The highest BCUT2D eigenvalue weighted by Gasteiger charge is 2.47.